The molecule has 28 heavy (non-hydrogen) atoms. The van der Waals surface area contributed by atoms with E-state index in [-0.39, 0.29) is 18.5 Å². The van der Waals surface area contributed by atoms with Crippen LogP contribution in [0.2, 0.25) is 0 Å². The fourth-order valence-corrected chi connectivity index (χ4v) is 4.76. The highest BCUT2D eigenvalue weighted by Crippen LogP contribution is 2.32. The third-order valence-corrected chi connectivity index (χ3v) is 6.62. The van der Waals surface area contributed by atoms with Gasteiger partial charge in [0.15, 0.2) is 4.90 Å². The molecule has 1 aliphatic rings. The molecule has 9 nitrogen and oxygen atoms in total. The zero-order chi connectivity index (χ0) is 20.6. The third kappa shape index (κ3) is 3.65. The van der Waals surface area contributed by atoms with Gasteiger partial charge in [0.2, 0.25) is 0 Å². The lowest BCUT2D eigenvalue weighted by molar-refractivity contribution is 0.0963. The predicted molar refractivity (Wildman–Crippen MR) is 103 cm³/mol. The van der Waals surface area contributed by atoms with Crippen molar-refractivity contribution in [3.8, 4) is 0 Å². The fourth-order valence-electron chi connectivity index (χ4n) is 2.94. The number of hydrogen-bond acceptors (Lipinski definition) is 5. The molecule has 1 aliphatic carbocycles. The molecule has 1 aromatic carbocycles. The van der Waals surface area contributed by atoms with E-state index in [0.29, 0.717) is 24.0 Å². The standard InChI is InChI=1S/C18H22N4O5S/c1-19-16(23)13-6-4-12(5-7-13)10-22(14-8-9-14)28(26,27)15-11-20(2)18(25)21(3)17(15)24/h4-7,11,14H,8-10H2,1-3H3,(H,19,23). The number of amides is 1. The number of nitrogens with one attached hydrogen (secondary N) is 1. The van der Waals surface area contributed by atoms with E-state index in [1.807, 2.05) is 0 Å². The van der Waals surface area contributed by atoms with E-state index in [1.54, 1.807) is 24.3 Å². The average molecular weight is 406 g/mol. The van der Waals surface area contributed by atoms with E-state index >= 15 is 0 Å². The maximum absolute atomic E-state index is 13.2. The van der Waals surface area contributed by atoms with Crippen LogP contribution in [0.25, 0.3) is 0 Å². The van der Waals surface area contributed by atoms with E-state index in [9.17, 15) is 22.8 Å². The lowest BCUT2D eigenvalue weighted by Gasteiger charge is -2.22. The Balaban J connectivity index is 1.98. The highest BCUT2D eigenvalue weighted by Gasteiger charge is 2.39. The predicted octanol–water partition coefficient (Wildman–Crippen LogP) is -0.203. The SMILES string of the molecule is CNC(=O)c1ccc(CN(C2CC2)S(=O)(=O)c2cn(C)c(=O)n(C)c2=O)cc1. The fraction of sp³-hybridized carbons (Fsp3) is 0.389. The minimum atomic E-state index is -4.10. The van der Waals surface area contributed by atoms with Gasteiger partial charge < -0.3 is 9.88 Å². The van der Waals surface area contributed by atoms with Crippen LogP contribution in [0.15, 0.2) is 44.9 Å². The van der Waals surface area contributed by atoms with Crippen molar-refractivity contribution in [3.63, 3.8) is 0 Å². The largest absolute Gasteiger partial charge is 0.355 e. The average Bonchev–Trinajstić information content (AvgIpc) is 3.51. The van der Waals surface area contributed by atoms with Crippen LogP contribution >= 0.6 is 0 Å². The Hall–Kier alpha value is -2.72. The van der Waals surface area contributed by atoms with Gasteiger partial charge in [0.1, 0.15) is 0 Å². The Morgan fingerprint density at radius 1 is 1.18 bits per heavy atom. The summed E-state index contributed by atoms with van der Waals surface area (Å²) in [7, 11) is 0.0897. The molecule has 1 saturated carbocycles. The summed E-state index contributed by atoms with van der Waals surface area (Å²) in [5, 5.41) is 2.53. The van der Waals surface area contributed by atoms with E-state index in [2.05, 4.69) is 5.32 Å². The Labute approximate surface area is 162 Å². The maximum atomic E-state index is 13.2. The van der Waals surface area contributed by atoms with Crippen molar-refractivity contribution in [2.45, 2.75) is 30.3 Å². The van der Waals surface area contributed by atoms with Crippen LogP contribution in [-0.2, 0) is 30.7 Å². The van der Waals surface area contributed by atoms with Gasteiger partial charge in [-0.1, -0.05) is 12.1 Å². The van der Waals surface area contributed by atoms with E-state index in [1.165, 1.54) is 25.4 Å². The van der Waals surface area contributed by atoms with Crippen LogP contribution < -0.4 is 16.6 Å². The molecule has 150 valence electrons. The molecule has 1 heterocycles. The molecule has 1 fully saturated rings. The van der Waals surface area contributed by atoms with E-state index < -0.39 is 26.2 Å². The number of carbonyl (C=O) groups excluding carboxylic acids is 1. The van der Waals surface area contributed by atoms with Crippen LogP contribution in [0.1, 0.15) is 28.8 Å². The normalized spacial score (nSPS) is 14.3. The van der Waals surface area contributed by atoms with Gasteiger partial charge in [-0.2, -0.15) is 4.31 Å². The number of aryl methyl sites for hydroxylation is 1. The van der Waals surface area contributed by atoms with Crippen molar-refractivity contribution in [1.29, 1.82) is 0 Å². The molecule has 3 rings (SSSR count). The number of aromatic nitrogens is 2. The van der Waals surface area contributed by atoms with Crippen molar-refractivity contribution >= 4 is 15.9 Å². The van der Waals surface area contributed by atoms with Gasteiger partial charge in [-0.15, -0.1) is 0 Å². The zero-order valence-electron chi connectivity index (χ0n) is 15.9. The smallest absolute Gasteiger partial charge is 0.330 e. The molecule has 0 bridgehead atoms. The van der Waals surface area contributed by atoms with Crippen LogP contribution in [0.3, 0.4) is 0 Å². The van der Waals surface area contributed by atoms with Crippen molar-refractivity contribution in [2.24, 2.45) is 14.1 Å². The summed E-state index contributed by atoms with van der Waals surface area (Å²) < 4.78 is 29.6. The molecule has 10 heteroatoms. The molecular weight excluding hydrogens is 384 g/mol. The number of hydrogen-bond donors (Lipinski definition) is 1. The summed E-state index contributed by atoms with van der Waals surface area (Å²) in [6, 6.07) is 6.43. The second-order valence-electron chi connectivity index (χ2n) is 6.81. The molecule has 0 unspecified atom stereocenters. The highest BCUT2D eigenvalue weighted by atomic mass is 32.2. The van der Waals surface area contributed by atoms with Crippen molar-refractivity contribution in [1.82, 2.24) is 18.8 Å². The molecule has 0 spiro atoms. The van der Waals surface area contributed by atoms with Crippen molar-refractivity contribution in [3.05, 3.63) is 62.4 Å². The first-order chi connectivity index (χ1) is 13.2. The maximum Gasteiger partial charge on any atom is 0.330 e. The lowest BCUT2D eigenvalue weighted by atomic mass is 10.1. The summed E-state index contributed by atoms with van der Waals surface area (Å²) in [5.41, 5.74) is -0.265. The van der Waals surface area contributed by atoms with Crippen molar-refractivity contribution in [2.75, 3.05) is 7.05 Å². The molecule has 1 N–H and O–H groups in total. The molecule has 1 amide bonds. The topological polar surface area (TPSA) is 110 Å². The van der Waals surface area contributed by atoms with E-state index in [0.717, 1.165) is 15.3 Å². The second kappa shape index (κ2) is 7.36. The number of sulfonamides is 1. The first-order valence-electron chi connectivity index (χ1n) is 8.76. The van der Waals surface area contributed by atoms with Gasteiger partial charge >= 0.3 is 5.69 Å². The van der Waals surface area contributed by atoms with Gasteiger partial charge in [0.25, 0.3) is 21.5 Å². The lowest BCUT2D eigenvalue weighted by Crippen LogP contribution is -2.43. The number of carbonyl (C=O) groups is 1. The molecule has 1 aromatic heterocycles. The summed E-state index contributed by atoms with van der Waals surface area (Å²) in [6.07, 6.45) is 2.49. The molecular formula is C18H22N4O5S. The Kier molecular flexibility index (Phi) is 5.26. The summed E-state index contributed by atoms with van der Waals surface area (Å²) in [4.78, 5) is 35.5. The van der Waals surface area contributed by atoms with E-state index in [4.69, 9.17) is 0 Å². The monoisotopic (exact) mass is 406 g/mol. The van der Waals surface area contributed by atoms with Gasteiger partial charge in [-0.05, 0) is 30.5 Å². The Morgan fingerprint density at radius 2 is 1.79 bits per heavy atom. The number of nitrogens with zero attached hydrogens (tertiary/aromatic N) is 3. The van der Waals surface area contributed by atoms with Crippen molar-refractivity contribution < 1.29 is 13.2 Å². The summed E-state index contributed by atoms with van der Waals surface area (Å²) in [5.74, 6) is -0.230. The van der Waals surface area contributed by atoms with Crippen LogP contribution in [-0.4, -0.2) is 40.9 Å². The minimum absolute atomic E-state index is 0.0764. The summed E-state index contributed by atoms with van der Waals surface area (Å²) in [6.45, 7) is 0.0764. The molecule has 0 atom stereocenters. The summed E-state index contributed by atoms with van der Waals surface area (Å²) >= 11 is 0. The first kappa shape index (κ1) is 20.0. The Morgan fingerprint density at radius 3 is 2.32 bits per heavy atom. The van der Waals surface area contributed by atoms with Crippen LogP contribution in [0.4, 0.5) is 0 Å². The number of rotatable bonds is 6. The second-order valence-corrected chi connectivity index (χ2v) is 8.67. The van der Waals surface area contributed by atoms with Gasteiger partial charge in [0.05, 0.1) is 0 Å². The number of benzene rings is 1. The minimum Gasteiger partial charge on any atom is -0.355 e. The van der Waals surface area contributed by atoms with Crippen LogP contribution in [0.5, 0.6) is 0 Å². The Bertz CT molecular complexity index is 1130. The van der Waals surface area contributed by atoms with Gasteiger partial charge in [-0.3, -0.25) is 14.2 Å². The molecule has 2 aromatic rings. The molecule has 0 radical (unpaired) electrons. The zero-order valence-corrected chi connectivity index (χ0v) is 16.7. The molecule has 0 aliphatic heterocycles. The molecule has 0 saturated heterocycles. The van der Waals surface area contributed by atoms with Gasteiger partial charge in [0, 0.05) is 45.5 Å². The van der Waals surface area contributed by atoms with Gasteiger partial charge in [-0.25, -0.2) is 13.2 Å². The quantitative estimate of drug-likeness (QED) is 0.714. The van der Waals surface area contributed by atoms with Crippen LogP contribution in [0, 0.1) is 0 Å². The highest BCUT2D eigenvalue weighted by molar-refractivity contribution is 7.89. The third-order valence-electron chi connectivity index (χ3n) is 4.74. The first-order valence-corrected chi connectivity index (χ1v) is 10.2.